The Morgan fingerprint density at radius 1 is 1.33 bits per heavy atom. The van der Waals surface area contributed by atoms with Gasteiger partial charge in [-0.25, -0.2) is 0 Å². The predicted octanol–water partition coefficient (Wildman–Crippen LogP) is 0.915. The molecule has 4 N–H and O–H groups in total. The highest BCUT2D eigenvalue weighted by molar-refractivity contribution is 5.40. The number of benzene rings is 1. The number of hydrogen-bond donors (Lipinski definition) is 2. The third kappa shape index (κ3) is 2.22. The number of rotatable bonds is 3. The van der Waals surface area contributed by atoms with Crippen molar-refractivity contribution in [2.24, 2.45) is 5.73 Å². The molecule has 0 fully saturated rings. The Kier molecular flexibility index (Phi) is 3.08. The maximum atomic E-state index is 5.79. The molecule has 0 unspecified atom stereocenters. The zero-order chi connectivity index (χ0) is 8.97. The third-order valence-electron chi connectivity index (χ3n) is 1.71. The fourth-order valence-electron chi connectivity index (χ4n) is 1.02. The average molecular weight is 166 g/mol. The molecule has 0 bridgehead atoms. The smallest absolute Gasteiger partial charge is 0.0655 e. The molecule has 1 rings (SSSR count). The number of hydrogen-bond acceptors (Lipinski definition) is 3. The van der Waals surface area contributed by atoms with E-state index >= 15 is 0 Å². The van der Waals surface area contributed by atoms with Crippen molar-refractivity contribution in [2.45, 2.75) is 6.04 Å². The van der Waals surface area contributed by atoms with Gasteiger partial charge in [-0.05, 0) is 17.7 Å². The van der Waals surface area contributed by atoms with E-state index in [2.05, 4.69) is 0 Å². The average Bonchev–Trinajstić information content (AvgIpc) is 2.06. The van der Waals surface area contributed by atoms with Crippen LogP contribution < -0.4 is 11.5 Å². The van der Waals surface area contributed by atoms with Crippen LogP contribution in [0.2, 0.25) is 0 Å². The minimum Gasteiger partial charge on any atom is -0.399 e. The molecule has 0 heterocycles. The third-order valence-corrected chi connectivity index (χ3v) is 1.71. The lowest BCUT2D eigenvalue weighted by molar-refractivity contribution is 0.181. The van der Waals surface area contributed by atoms with Crippen molar-refractivity contribution >= 4 is 5.69 Å². The predicted molar refractivity (Wildman–Crippen MR) is 49.7 cm³/mol. The van der Waals surface area contributed by atoms with Gasteiger partial charge in [-0.2, -0.15) is 0 Å². The molecule has 1 atom stereocenters. The molecule has 0 saturated heterocycles. The highest BCUT2D eigenvalue weighted by atomic mass is 16.5. The quantitative estimate of drug-likeness (QED) is 0.656. The van der Waals surface area contributed by atoms with E-state index in [1.54, 1.807) is 7.11 Å². The molecule has 0 aliphatic rings. The van der Waals surface area contributed by atoms with Crippen molar-refractivity contribution in [3.05, 3.63) is 29.8 Å². The first-order valence-corrected chi connectivity index (χ1v) is 3.84. The molecule has 0 amide bonds. The standard InChI is InChI=1S/C9H14N2O/c1-12-6-9(11)7-2-4-8(10)5-3-7/h2-5,9H,6,10-11H2,1H3/t9-/m1/s1. The molecule has 0 saturated carbocycles. The van der Waals surface area contributed by atoms with E-state index in [9.17, 15) is 0 Å². The van der Waals surface area contributed by atoms with Gasteiger partial charge in [-0.15, -0.1) is 0 Å². The van der Waals surface area contributed by atoms with Gasteiger partial charge >= 0.3 is 0 Å². The van der Waals surface area contributed by atoms with Crippen molar-refractivity contribution in [1.82, 2.24) is 0 Å². The number of nitrogen functional groups attached to an aromatic ring is 1. The summed E-state index contributed by atoms with van der Waals surface area (Å²) in [6.45, 7) is 0.532. The molecule has 0 radical (unpaired) electrons. The Bertz CT molecular complexity index is 233. The van der Waals surface area contributed by atoms with Crippen LogP contribution in [0.1, 0.15) is 11.6 Å². The summed E-state index contributed by atoms with van der Waals surface area (Å²) in [7, 11) is 1.64. The second-order valence-corrected chi connectivity index (χ2v) is 2.73. The van der Waals surface area contributed by atoms with Gasteiger partial charge in [0.1, 0.15) is 0 Å². The number of nitrogens with two attached hydrogens (primary N) is 2. The fourth-order valence-corrected chi connectivity index (χ4v) is 1.02. The topological polar surface area (TPSA) is 61.3 Å². The van der Waals surface area contributed by atoms with Gasteiger partial charge < -0.3 is 16.2 Å². The van der Waals surface area contributed by atoms with E-state index in [4.69, 9.17) is 16.2 Å². The van der Waals surface area contributed by atoms with Gasteiger partial charge in [0, 0.05) is 12.8 Å². The van der Waals surface area contributed by atoms with Crippen LogP contribution in [0.5, 0.6) is 0 Å². The second-order valence-electron chi connectivity index (χ2n) is 2.73. The van der Waals surface area contributed by atoms with Crippen molar-refractivity contribution < 1.29 is 4.74 Å². The van der Waals surface area contributed by atoms with Gasteiger partial charge in [0.2, 0.25) is 0 Å². The van der Waals surface area contributed by atoms with Crippen LogP contribution in [0.15, 0.2) is 24.3 Å². The summed E-state index contributed by atoms with van der Waals surface area (Å²) >= 11 is 0. The highest BCUT2D eigenvalue weighted by Gasteiger charge is 2.03. The van der Waals surface area contributed by atoms with Crippen molar-refractivity contribution in [2.75, 3.05) is 19.5 Å². The number of methoxy groups -OCH3 is 1. The monoisotopic (exact) mass is 166 g/mol. The summed E-state index contributed by atoms with van der Waals surface area (Å²) in [6, 6.07) is 7.45. The van der Waals surface area contributed by atoms with Crippen LogP contribution in [0.3, 0.4) is 0 Å². The zero-order valence-electron chi connectivity index (χ0n) is 7.16. The van der Waals surface area contributed by atoms with Crippen LogP contribution in [0.4, 0.5) is 5.69 Å². The summed E-state index contributed by atoms with van der Waals surface area (Å²) in [5.41, 5.74) is 13.1. The first kappa shape index (κ1) is 9.03. The Balaban J connectivity index is 2.68. The van der Waals surface area contributed by atoms with Crippen molar-refractivity contribution in [3.8, 4) is 0 Å². The Hall–Kier alpha value is -1.06. The fraction of sp³-hybridized carbons (Fsp3) is 0.333. The lowest BCUT2D eigenvalue weighted by atomic mass is 10.1. The largest absolute Gasteiger partial charge is 0.399 e. The first-order chi connectivity index (χ1) is 5.74. The number of ether oxygens (including phenoxy) is 1. The van der Waals surface area contributed by atoms with E-state index in [0.29, 0.717) is 6.61 Å². The zero-order valence-corrected chi connectivity index (χ0v) is 7.16. The Labute approximate surface area is 72.3 Å². The van der Waals surface area contributed by atoms with Gasteiger partial charge in [-0.1, -0.05) is 12.1 Å². The van der Waals surface area contributed by atoms with E-state index in [1.807, 2.05) is 24.3 Å². The van der Waals surface area contributed by atoms with Gasteiger partial charge in [0.25, 0.3) is 0 Å². The lowest BCUT2D eigenvalue weighted by Gasteiger charge is -2.10. The van der Waals surface area contributed by atoms with Crippen molar-refractivity contribution in [1.29, 1.82) is 0 Å². The SMILES string of the molecule is COC[C@@H](N)c1ccc(N)cc1. The molecule has 0 aromatic heterocycles. The van der Waals surface area contributed by atoms with E-state index in [1.165, 1.54) is 0 Å². The van der Waals surface area contributed by atoms with Gasteiger partial charge in [0.05, 0.1) is 12.6 Å². The molecular formula is C9H14N2O. The second kappa shape index (κ2) is 4.09. The summed E-state index contributed by atoms with van der Waals surface area (Å²) in [6.07, 6.45) is 0. The molecule has 3 nitrogen and oxygen atoms in total. The molecule has 12 heavy (non-hydrogen) atoms. The highest BCUT2D eigenvalue weighted by Crippen LogP contribution is 2.12. The molecule has 0 aliphatic heterocycles. The molecule has 0 spiro atoms. The molecule has 3 heteroatoms. The van der Waals surface area contributed by atoms with E-state index in [0.717, 1.165) is 11.3 Å². The summed E-state index contributed by atoms with van der Waals surface area (Å²) < 4.78 is 4.93. The van der Waals surface area contributed by atoms with Crippen LogP contribution in [-0.4, -0.2) is 13.7 Å². The van der Waals surface area contributed by atoms with Crippen LogP contribution in [-0.2, 0) is 4.74 Å². The van der Waals surface area contributed by atoms with Crippen molar-refractivity contribution in [3.63, 3.8) is 0 Å². The maximum Gasteiger partial charge on any atom is 0.0655 e. The molecule has 1 aromatic rings. The van der Waals surface area contributed by atoms with Crippen LogP contribution in [0.25, 0.3) is 0 Å². The van der Waals surface area contributed by atoms with E-state index in [-0.39, 0.29) is 6.04 Å². The summed E-state index contributed by atoms with van der Waals surface area (Å²) in [4.78, 5) is 0. The Morgan fingerprint density at radius 2 is 1.92 bits per heavy atom. The maximum absolute atomic E-state index is 5.79. The minimum absolute atomic E-state index is 0.0596. The normalized spacial score (nSPS) is 12.8. The summed E-state index contributed by atoms with van der Waals surface area (Å²) in [5, 5.41) is 0. The molecule has 1 aromatic carbocycles. The first-order valence-electron chi connectivity index (χ1n) is 3.84. The molecular weight excluding hydrogens is 152 g/mol. The molecule has 66 valence electrons. The Morgan fingerprint density at radius 3 is 2.42 bits per heavy atom. The van der Waals surface area contributed by atoms with Crippen LogP contribution >= 0.6 is 0 Å². The minimum atomic E-state index is -0.0596. The van der Waals surface area contributed by atoms with Gasteiger partial charge in [0.15, 0.2) is 0 Å². The van der Waals surface area contributed by atoms with E-state index < -0.39 is 0 Å². The van der Waals surface area contributed by atoms with Crippen LogP contribution in [0, 0.1) is 0 Å². The number of anilines is 1. The summed E-state index contributed by atoms with van der Waals surface area (Å²) in [5.74, 6) is 0. The lowest BCUT2D eigenvalue weighted by Crippen LogP contribution is -2.15. The van der Waals surface area contributed by atoms with Gasteiger partial charge in [-0.3, -0.25) is 0 Å². The molecule has 0 aliphatic carbocycles.